The van der Waals surface area contributed by atoms with Crippen LogP contribution in [0.15, 0.2) is 18.6 Å². The fourth-order valence-electron chi connectivity index (χ4n) is 3.99. The van der Waals surface area contributed by atoms with Crippen molar-refractivity contribution in [2.45, 2.75) is 58.3 Å². The van der Waals surface area contributed by atoms with Gasteiger partial charge in [0.25, 0.3) is 12.1 Å². The summed E-state index contributed by atoms with van der Waals surface area (Å²) in [5.41, 5.74) is 1.88. The van der Waals surface area contributed by atoms with Gasteiger partial charge in [-0.1, -0.05) is 20.8 Å². The molecule has 2 bridgehead atoms. The zero-order chi connectivity index (χ0) is 20.8. The van der Waals surface area contributed by atoms with Crippen LogP contribution in [0.4, 0.5) is 0 Å². The quantitative estimate of drug-likeness (QED) is 0.708. The van der Waals surface area contributed by atoms with E-state index in [2.05, 4.69) is 15.4 Å². The van der Waals surface area contributed by atoms with Gasteiger partial charge in [-0.25, -0.2) is 9.67 Å². The average molecular weight is 402 g/mol. The minimum atomic E-state index is -0.377. The Kier molecular flexibility index (Phi) is 5.04. The number of aliphatic hydroxyl groups excluding tert-OH is 1. The van der Waals surface area contributed by atoms with Gasteiger partial charge in [0.1, 0.15) is 13.2 Å². The lowest BCUT2D eigenvalue weighted by molar-refractivity contribution is -0.885. The van der Waals surface area contributed by atoms with Crippen LogP contribution in [-0.4, -0.2) is 51.6 Å². The van der Waals surface area contributed by atoms with Crippen LogP contribution >= 0.6 is 0 Å². The number of nitrogens with one attached hydrogen (secondary N) is 1. The van der Waals surface area contributed by atoms with Gasteiger partial charge in [-0.2, -0.15) is 5.10 Å². The van der Waals surface area contributed by atoms with Crippen LogP contribution in [0, 0.1) is 5.41 Å². The summed E-state index contributed by atoms with van der Waals surface area (Å²) in [6.07, 6.45) is 7.52. The van der Waals surface area contributed by atoms with Gasteiger partial charge in [-0.05, 0) is 18.3 Å². The van der Waals surface area contributed by atoms with Crippen molar-refractivity contribution in [1.82, 2.24) is 20.1 Å². The Bertz CT molecular complexity index is 920. The third kappa shape index (κ3) is 3.60. The standard InChI is InChI=1S/C20H27N5O4/c1-20(2,3)15(11-26)22-19(27)17-13-9-12-5-6-14(29-12)18(13)25(23-17)16-10-24(28-4)8-7-21-16/h7-8,10,12,14-15,26H,5-6,9,11H2,1-4H3/p+1. The summed E-state index contributed by atoms with van der Waals surface area (Å²) in [5, 5.41) is 17.3. The maximum absolute atomic E-state index is 13.1. The van der Waals surface area contributed by atoms with E-state index in [9.17, 15) is 9.90 Å². The molecule has 9 nitrogen and oxygen atoms in total. The molecule has 2 aromatic heterocycles. The Hall–Kier alpha value is -2.52. The third-order valence-electron chi connectivity index (χ3n) is 5.71. The molecule has 2 aliphatic rings. The maximum atomic E-state index is 13.1. The predicted octanol–water partition coefficient (Wildman–Crippen LogP) is 0.526. The minimum absolute atomic E-state index is 0.105. The van der Waals surface area contributed by atoms with Crippen LogP contribution in [-0.2, 0) is 11.2 Å². The molecule has 2 N–H and O–H groups in total. The molecule has 3 unspecified atom stereocenters. The third-order valence-corrected chi connectivity index (χ3v) is 5.71. The monoisotopic (exact) mass is 402 g/mol. The number of hydrogen-bond acceptors (Lipinski definition) is 6. The molecule has 4 rings (SSSR count). The Morgan fingerprint density at radius 3 is 2.97 bits per heavy atom. The molecule has 1 saturated heterocycles. The van der Waals surface area contributed by atoms with Gasteiger partial charge in [0.05, 0.1) is 30.6 Å². The van der Waals surface area contributed by atoms with Crippen molar-refractivity contribution in [3.05, 3.63) is 35.5 Å². The van der Waals surface area contributed by atoms with E-state index < -0.39 is 0 Å². The molecule has 0 aromatic carbocycles. The lowest BCUT2D eigenvalue weighted by Crippen LogP contribution is -2.46. The zero-order valence-electron chi connectivity index (χ0n) is 17.3. The van der Waals surface area contributed by atoms with E-state index in [4.69, 9.17) is 9.57 Å². The first kappa shape index (κ1) is 19.8. The van der Waals surface area contributed by atoms with Gasteiger partial charge in [0.15, 0.2) is 5.69 Å². The number of aromatic nitrogens is 4. The Labute approximate surface area is 169 Å². The maximum Gasteiger partial charge on any atom is 0.272 e. The summed E-state index contributed by atoms with van der Waals surface area (Å²) < 4.78 is 9.31. The number of nitrogens with zero attached hydrogens (tertiary/aromatic N) is 4. The predicted molar refractivity (Wildman–Crippen MR) is 102 cm³/mol. The highest BCUT2D eigenvalue weighted by molar-refractivity contribution is 5.94. The molecule has 1 amide bonds. The normalized spacial score (nSPS) is 21.6. The van der Waals surface area contributed by atoms with Crippen molar-refractivity contribution in [2.24, 2.45) is 5.41 Å². The van der Waals surface area contributed by atoms with Crippen LogP contribution in [0.1, 0.15) is 61.5 Å². The minimum Gasteiger partial charge on any atom is -0.394 e. The number of carbonyl (C=O) groups is 1. The summed E-state index contributed by atoms with van der Waals surface area (Å²) in [6.45, 7) is 5.80. The van der Waals surface area contributed by atoms with Gasteiger partial charge in [0.2, 0.25) is 12.0 Å². The summed E-state index contributed by atoms with van der Waals surface area (Å²) in [6, 6.07) is -0.377. The average Bonchev–Trinajstić information content (AvgIpc) is 3.27. The first-order chi connectivity index (χ1) is 13.8. The van der Waals surface area contributed by atoms with E-state index in [1.165, 1.54) is 4.73 Å². The summed E-state index contributed by atoms with van der Waals surface area (Å²) >= 11 is 0. The highest BCUT2D eigenvalue weighted by atomic mass is 16.6. The fourth-order valence-corrected chi connectivity index (χ4v) is 3.99. The second-order valence-corrected chi connectivity index (χ2v) is 8.68. The van der Waals surface area contributed by atoms with E-state index in [1.807, 2.05) is 20.8 Å². The Morgan fingerprint density at radius 1 is 1.48 bits per heavy atom. The summed E-state index contributed by atoms with van der Waals surface area (Å²) in [5.74, 6) is 0.263. The highest BCUT2D eigenvalue weighted by Gasteiger charge is 2.41. The van der Waals surface area contributed by atoms with Crippen LogP contribution in [0.2, 0.25) is 0 Å². The van der Waals surface area contributed by atoms with Gasteiger partial charge in [0, 0.05) is 16.7 Å². The van der Waals surface area contributed by atoms with Gasteiger partial charge >= 0.3 is 0 Å². The number of hydrogen-bond donors (Lipinski definition) is 2. The van der Waals surface area contributed by atoms with Gasteiger partial charge in [-0.15, -0.1) is 0 Å². The molecule has 0 radical (unpaired) electrons. The lowest BCUT2D eigenvalue weighted by Gasteiger charge is -2.29. The zero-order valence-corrected chi connectivity index (χ0v) is 17.3. The number of ether oxygens (including phenoxy) is 1. The van der Waals surface area contributed by atoms with Crippen molar-refractivity contribution >= 4 is 5.91 Å². The highest BCUT2D eigenvalue weighted by Crippen LogP contribution is 2.42. The molecule has 0 spiro atoms. The summed E-state index contributed by atoms with van der Waals surface area (Å²) in [4.78, 5) is 22.8. The smallest absolute Gasteiger partial charge is 0.272 e. The van der Waals surface area contributed by atoms with Crippen LogP contribution in [0.5, 0.6) is 0 Å². The second kappa shape index (κ2) is 7.38. The second-order valence-electron chi connectivity index (χ2n) is 8.68. The largest absolute Gasteiger partial charge is 0.394 e. The first-order valence-corrected chi connectivity index (χ1v) is 9.93. The van der Waals surface area contributed by atoms with E-state index in [0.29, 0.717) is 17.9 Å². The number of carbonyl (C=O) groups excluding carboxylic acids is 1. The lowest BCUT2D eigenvalue weighted by atomic mass is 9.87. The molecular weight excluding hydrogens is 374 g/mol. The molecule has 0 aliphatic carbocycles. The number of fused-ring (bicyclic) bond motifs is 4. The van der Waals surface area contributed by atoms with Gasteiger partial charge in [-0.3, -0.25) is 9.63 Å². The summed E-state index contributed by atoms with van der Waals surface area (Å²) in [7, 11) is 1.56. The molecule has 3 atom stereocenters. The fraction of sp³-hybridized carbons (Fsp3) is 0.600. The molecule has 2 aliphatic heterocycles. The van der Waals surface area contributed by atoms with Crippen molar-refractivity contribution in [1.29, 1.82) is 0 Å². The number of aliphatic hydroxyl groups is 1. The SMILES string of the molecule is CO[n+]1ccnc(-n2nc(C(=O)NC(CO)C(C)(C)C)c3c2C2CCC(C3)O2)c1. The van der Waals surface area contributed by atoms with Crippen LogP contribution < -0.4 is 14.9 Å². The molecule has 9 heteroatoms. The molecule has 2 aromatic rings. The Morgan fingerprint density at radius 2 is 2.28 bits per heavy atom. The Balaban J connectivity index is 1.77. The van der Waals surface area contributed by atoms with Crippen molar-refractivity contribution in [3.63, 3.8) is 0 Å². The molecule has 1 fully saturated rings. The molecule has 0 saturated carbocycles. The van der Waals surface area contributed by atoms with Crippen LogP contribution in [0.3, 0.4) is 0 Å². The van der Waals surface area contributed by atoms with E-state index in [0.717, 1.165) is 24.1 Å². The van der Waals surface area contributed by atoms with Crippen molar-refractivity contribution in [2.75, 3.05) is 13.7 Å². The van der Waals surface area contributed by atoms with Crippen molar-refractivity contribution < 1.29 is 24.2 Å². The molecule has 29 heavy (non-hydrogen) atoms. The molecular formula is C20H28N5O4+. The van der Waals surface area contributed by atoms with Crippen molar-refractivity contribution in [3.8, 4) is 5.82 Å². The van der Waals surface area contributed by atoms with E-state index in [-0.39, 0.29) is 36.2 Å². The van der Waals surface area contributed by atoms with E-state index in [1.54, 1.807) is 30.4 Å². The molecule has 156 valence electrons. The topological polar surface area (TPSA) is 102 Å². The first-order valence-electron chi connectivity index (χ1n) is 9.93. The van der Waals surface area contributed by atoms with Gasteiger partial charge < -0.3 is 15.2 Å². The van der Waals surface area contributed by atoms with E-state index >= 15 is 0 Å². The molecule has 4 heterocycles. The number of rotatable bonds is 5. The van der Waals surface area contributed by atoms with Crippen LogP contribution in [0.25, 0.3) is 5.82 Å². The number of amides is 1.